The molecule has 0 aliphatic carbocycles. The van der Waals surface area contributed by atoms with Crippen LogP contribution in [-0.4, -0.2) is 18.0 Å². The first-order valence-corrected chi connectivity index (χ1v) is 8.42. The van der Waals surface area contributed by atoms with Gasteiger partial charge in [-0.3, -0.25) is 4.79 Å². The van der Waals surface area contributed by atoms with Crippen molar-refractivity contribution < 1.29 is 23.5 Å². The summed E-state index contributed by atoms with van der Waals surface area (Å²) in [6.07, 6.45) is 0.447. The number of hydrogen-bond acceptors (Lipinski definition) is 5. The highest BCUT2D eigenvalue weighted by atomic mass is 16.5. The number of esters is 1. The number of amides is 1. The highest BCUT2D eigenvalue weighted by molar-refractivity contribution is 5.97. The number of hydrogen-bond donors (Lipinski definition) is 1. The summed E-state index contributed by atoms with van der Waals surface area (Å²) < 4.78 is 15.9. The van der Waals surface area contributed by atoms with Gasteiger partial charge >= 0.3 is 5.97 Å². The molecule has 6 nitrogen and oxygen atoms in total. The van der Waals surface area contributed by atoms with Crippen LogP contribution in [0.4, 0.5) is 5.69 Å². The van der Waals surface area contributed by atoms with Crippen molar-refractivity contribution >= 4 is 17.6 Å². The summed E-state index contributed by atoms with van der Waals surface area (Å²) in [6.45, 7) is 3.16. The number of nitrogens with one attached hydrogen (secondary N) is 1. The first kappa shape index (κ1) is 18.3. The highest BCUT2D eigenvalue weighted by Crippen LogP contribution is 2.22. The molecular formula is C21H19NO5. The third kappa shape index (κ3) is 4.76. The van der Waals surface area contributed by atoms with Crippen molar-refractivity contribution in [1.82, 2.24) is 0 Å². The maximum Gasteiger partial charge on any atom is 0.342 e. The molecule has 138 valence electrons. The molecule has 1 aromatic heterocycles. The molecule has 3 rings (SSSR count). The van der Waals surface area contributed by atoms with Crippen LogP contribution in [-0.2, 0) is 9.53 Å². The molecule has 27 heavy (non-hydrogen) atoms. The minimum absolute atomic E-state index is 0.303. The first-order valence-electron chi connectivity index (χ1n) is 8.42. The summed E-state index contributed by atoms with van der Waals surface area (Å²) in [5.41, 5.74) is 0.875. The van der Waals surface area contributed by atoms with Crippen molar-refractivity contribution in [2.75, 3.05) is 5.32 Å². The normalized spacial score (nSPS) is 11.5. The van der Waals surface area contributed by atoms with Crippen LogP contribution >= 0.6 is 0 Å². The lowest BCUT2D eigenvalue weighted by Gasteiger charge is -2.13. The number of aryl methyl sites for hydroxylation is 1. The first-order chi connectivity index (χ1) is 13.0. The Kier molecular flexibility index (Phi) is 5.56. The van der Waals surface area contributed by atoms with Gasteiger partial charge < -0.3 is 19.2 Å². The fourth-order valence-corrected chi connectivity index (χ4v) is 2.35. The van der Waals surface area contributed by atoms with Gasteiger partial charge in [0.05, 0.1) is 6.26 Å². The van der Waals surface area contributed by atoms with E-state index < -0.39 is 18.0 Å². The molecule has 0 spiro atoms. The average molecular weight is 365 g/mol. The molecule has 0 aliphatic rings. The third-order valence-electron chi connectivity index (χ3n) is 3.83. The van der Waals surface area contributed by atoms with Crippen molar-refractivity contribution in [3.63, 3.8) is 0 Å². The second-order valence-electron chi connectivity index (χ2n) is 5.87. The van der Waals surface area contributed by atoms with Crippen LogP contribution in [0.1, 0.15) is 23.0 Å². The van der Waals surface area contributed by atoms with Crippen molar-refractivity contribution in [1.29, 1.82) is 0 Å². The van der Waals surface area contributed by atoms with E-state index in [-0.39, 0.29) is 0 Å². The Morgan fingerprint density at radius 2 is 1.63 bits per heavy atom. The average Bonchev–Trinajstić information content (AvgIpc) is 3.10. The number of ether oxygens (including phenoxy) is 2. The molecule has 1 heterocycles. The van der Waals surface area contributed by atoms with Crippen molar-refractivity contribution in [3.05, 3.63) is 78.3 Å². The SMILES string of the molecule is Cc1occc1C(=O)O[C@H](C)C(=O)Nc1ccc(Oc2ccccc2)cc1. The molecule has 2 aromatic carbocycles. The van der Waals surface area contributed by atoms with Crippen molar-refractivity contribution in [2.45, 2.75) is 20.0 Å². The maximum atomic E-state index is 12.2. The highest BCUT2D eigenvalue weighted by Gasteiger charge is 2.21. The Hall–Kier alpha value is -3.54. The van der Waals surface area contributed by atoms with E-state index in [0.29, 0.717) is 22.8 Å². The van der Waals surface area contributed by atoms with Crippen LogP contribution in [0.5, 0.6) is 11.5 Å². The van der Waals surface area contributed by atoms with Gasteiger partial charge in [-0.05, 0) is 56.3 Å². The molecule has 0 bridgehead atoms. The van der Waals surface area contributed by atoms with Crippen LogP contribution in [0.2, 0.25) is 0 Å². The lowest BCUT2D eigenvalue weighted by molar-refractivity contribution is -0.123. The third-order valence-corrected chi connectivity index (χ3v) is 3.83. The second kappa shape index (κ2) is 8.23. The van der Waals surface area contributed by atoms with Gasteiger partial charge in [0, 0.05) is 5.69 Å². The van der Waals surface area contributed by atoms with Gasteiger partial charge in [0.2, 0.25) is 0 Å². The van der Waals surface area contributed by atoms with E-state index >= 15 is 0 Å². The molecule has 0 unspecified atom stereocenters. The summed E-state index contributed by atoms with van der Waals surface area (Å²) in [5, 5.41) is 2.70. The standard InChI is InChI=1S/C21H19NO5/c1-14-19(12-13-25-14)21(24)26-15(2)20(23)22-16-8-10-18(11-9-16)27-17-6-4-3-5-7-17/h3-13,15H,1-2H3,(H,22,23)/t15-/m1/s1. The number of para-hydroxylation sites is 1. The molecular weight excluding hydrogens is 346 g/mol. The van der Waals surface area contributed by atoms with Gasteiger partial charge in [-0.2, -0.15) is 0 Å². The number of carbonyl (C=O) groups excluding carboxylic acids is 2. The molecule has 3 aromatic rings. The molecule has 0 aliphatic heterocycles. The van der Waals surface area contributed by atoms with E-state index in [1.54, 1.807) is 31.2 Å². The second-order valence-corrected chi connectivity index (χ2v) is 5.87. The summed E-state index contributed by atoms with van der Waals surface area (Å²) in [7, 11) is 0. The number of carbonyl (C=O) groups is 2. The Morgan fingerprint density at radius 1 is 0.963 bits per heavy atom. The lowest BCUT2D eigenvalue weighted by atomic mass is 10.2. The number of rotatable bonds is 6. The van der Waals surface area contributed by atoms with Crippen LogP contribution < -0.4 is 10.1 Å². The Balaban J connectivity index is 1.55. The maximum absolute atomic E-state index is 12.2. The van der Waals surface area contributed by atoms with Gasteiger partial charge in [0.15, 0.2) is 6.10 Å². The predicted octanol–water partition coefficient (Wildman–Crippen LogP) is 4.56. The van der Waals surface area contributed by atoms with Crippen LogP contribution in [0.25, 0.3) is 0 Å². The molecule has 0 saturated carbocycles. The van der Waals surface area contributed by atoms with Crippen LogP contribution in [0.3, 0.4) is 0 Å². The topological polar surface area (TPSA) is 77.8 Å². The fourth-order valence-electron chi connectivity index (χ4n) is 2.35. The molecule has 1 N–H and O–H groups in total. The predicted molar refractivity (Wildman–Crippen MR) is 99.9 cm³/mol. The van der Waals surface area contributed by atoms with Crippen molar-refractivity contribution in [2.24, 2.45) is 0 Å². The van der Waals surface area contributed by atoms with Gasteiger partial charge in [-0.25, -0.2) is 4.79 Å². The van der Waals surface area contributed by atoms with E-state index in [0.717, 1.165) is 5.75 Å². The van der Waals surface area contributed by atoms with E-state index in [1.165, 1.54) is 19.3 Å². The van der Waals surface area contributed by atoms with Gasteiger partial charge in [0.25, 0.3) is 5.91 Å². The van der Waals surface area contributed by atoms with E-state index in [9.17, 15) is 9.59 Å². The number of benzene rings is 2. The van der Waals surface area contributed by atoms with E-state index in [2.05, 4.69) is 5.32 Å². The van der Waals surface area contributed by atoms with Crippen molar-refractivity contribution in [3.8, 4) is 11.5 Å². The molecule has 0 saturated heterocycles. The zero-order chi connectivity index (χ0) is 19.2. The zero-order valence-corrected chi connectivity index (χ0v) is 15.0. The molecule has 6 heteroatoms. The lowest BCUT2D eigenvalue weighted by Crippen LogP contribution is -2.30. The quantitative estimate of drug-likeness (QED) is 0.648. The molecule has 0 fully saturated rings. The number of anilines is 1. The van der Waals surface area contributed by atoms with Crippen LogP contribution in [0.15, 0.2) is 71.3 Å². The summed E-state index contributed by atoms with van der Waals surface area (Å²) in [6, 6.07) is 17.8. The van der Waals surface area contributed by atoms with Gasteiger partial charge in [-0.1, -0.05) is 18.2 Å². The Bertz CT molecular complexity index is 915. The van der Waals surface area contributed by atoms with Gasteiger partial charge in [-0.15, -0.1) is 0 Å². The Labute approximate surface area is 156 Å². The minimum atomic E-state index is -0.952. The van der Waals surface area contributed by atoms with Crippen LogP contribution in [0, 0.1) is 6.92 Å². The van der Waals surface area contributed by atoms with Gasteiger partial charge in [0.1, 0.15) is 22.8 Å². The summed E-state index contributed by atoms with van der Waals surface area (Å²) in [4.78, 5) is 24.3. The zero-order valence-electron chi connectivity index (χ0n) is 15.0. The summed E-state index contributed by atoms with van der Waals surface area (Å²) >= 11 is 0. The monoisotopic (exact) mass is 365 g/mol. The number of furan rings is 1. The smallest absolute Gasteiger partial charge is 0.342 e. The largest absolute Gasteiger partial charge is 0.469 e. The van der Waals surface area contributed by atoms with E-state index in [1.807, 2.05) is 30.3 Å². The summed E-state index contributed by atoms with van der Waals surface area (Å²) in [5.74, 6) is 0.789. The fraction of sp³-hybridized carbons (Fsp3) is 0.143. The molecule has 0 radical (unpaired) electrons. The molecule has 1 atom stereocenters. The van der Waals surface area contributed by atoms with E-state index in [4.69, 9.17) is 13.9 Å². The molecule has 1 amide bonds. The Morgan fingerprint density at radius 3 is 2.26 bits per heavy atom. The minimum Gasteiger partial charge on any atom is -0.469 e.